The standard InChI is InChI=1S/C24H28N6O2/c1-16-4-5-17(2)21(14-16)28-24(31)27-20-8-6-19(7-9-20)26-22-15-18(3)25-23(29-22)30-10-12-32-13-11-30/h4-9,14-15H,10-13H2,1-3H3,(H,25,26,29)(H2,27,28,31). The fourth-order valence-electron chi connectivity index (χ4n) is 3.46. The van der Waals surface area contributed by atoms with Gasteiger partial charge in [0.1, 0.15) is 5.82 Å². The number of benzene rings is 2. The van der Waals surface area contributed by atoms with Crippen LogP contribution in [0.2, 0.25) is 0 Å². The first-order valence-corrected chi connectivity index (χ1v) is 10.7. The van der Waals surface area contributed by atoms with Gasteiger partial charge in [-0.1, -0.05) is 12.1 Å². The third-order valence-electron chi connectivity index (χ3n) is 5.19. The Morgan fingerprint density at radius 2 is 1.62 bits per heavy atom. The van der Waals surface area contributed by atoms with Crippen molar-refractivity contribution in [3.8, 4) is 0 Å². The van der Waals surface area contributed by atoms with Crippen LogP contribution >= 0.6 is 0 Å². The summed E-state index contributed by atoms with van der Waals surface area (Å²) in [5.74, 6) is 1.43. The lowest BCUT2D eigenvalue weighted by Gasteiger charge is -2.27. The van der Waals surface area contributed by atoms with Crippen molar-refractivity contribution in [2.24, 2.45) is 0 Å². The lowest BCUT2D eigenvalue weighted by Crippen LogP contribution is -2.37. The number of amides is 2. The van der Waals surface area contributed by atoms with E-state index < -0.39 is 0 Å². The van der Waals surface area contributed by atoms with E-state index in [-0.39, 0.29) is 6.03 Å². The van der Waals surface area contributed by atoms with Gasteiger partial charge in [0.25, 0.3) is 0 Å². The minimum absolute atomic E-state index is 0.277. The average molecular weight is 433 g/mol. The lowest BCUT2D eigenvalue weighted by atomic mass is 10.1. The number of aryl methyl sites for hydroxylation is 3. The third kappa shape index (κ3) is 5.53. The minimum Gasteiger partial charge on any atom is -0.378 e. The van der Waals surface area contributed by atoms with E-state index in [1.165, 1.54) is 0 Å². The molecule has 2 amide bonds. The van der Waals surface area contributed by atoms with Crippen LogP contribution in [-0.4, -0.2) is 42.3 Å². The van der Waals surface area contributed by atoms with E-state index in [2.05, 4.69) is 30.8 Å². The van der Waals surface area contributed by atoms with Crippen LogP contribution in [0.4, 0.5) is 33.6 Å². The summed E-state index contributed by atoms with van der Waals surface area (Å²) in [7, 11) is 0. The van der Waals surface area contributed by atoms with Crippen molar-refractivity contribution < 1.29 is 9.53 Å². The van der Waals surface area contributed by atoms with Gasteiger partial charge in [-0.3, -0.25) is 0 Å². The van der Waals surface area contributed by atoms with E-state index in [0.29, 0.717) is 24.8 Å². The number of morpholine rings is 1. The predicted octanol–water partition coefficient (Wildman–Crippen LogP) is 4.63. The Bertz CT molecular complexity index is 1090. The van der Waals surface area contributed by atoms with Crippen LogP contribution in [0.15, 0.2) is 48.5 Å². The van der Waals surface area contributed by atoms with Crippen molar-refractivity contribution in [3.05, 3.63) is 65.4 Å². The number of nitrogens with zero attached hydrogens (tertiary/aromatic N) is 3. The summed E-state index contributed by atoms with van der Waals surface area (Å²) >= 11 is 0. The van der Waals surface area contributed by atoms with Gasteiger partial charge in [0.15, 0.2) is 0 Å². The fraction of sp³-hybridized carbons (Fsp3) is 0.292. The number of hydrogen-bond donors (Lipinski definition) is 3. The highest BCUT2D eigenvalue weighted by atomic mass is 16.5. The maximum Gasteiger partial charge on any atom is 0.323 e. The number of urea groups is 1. The number of carbonyl (C=O) groups is 1. The molecule has 1 saturated heterocycles. The van der Waals surface area contributed by atoms with Crippen LogP contribution in [-0.2, 0) is 4.74 Å². The first kappa shape index (κ1) is 21.6. The molecule has 4 rings (SSSR count). The molecular formula is C24H28N6O2. The number of anilines is 5. The molecule has 2 aromatic carbocycles. The second-order valence-corrected chi connectivity index (χ2v) is 7.89. The van der Waals surface area contributed by atoms with Gasteiger partial charge >= 0.3 is 6.03 Å². The zero-order chi connectivity index (χ0) is 22.5. The molecule has 1 aliphatic rings. The maximum atomic E-state index is 12.4. The number of hydrogen-bond acceptors (Lipinski definition) is 6. The largest absolute Gasteiger partial charge is 0.378 e. The zero-order valence-corrected chi connectivity index (χ0v) is 18.6. The molecule has 0 unspecified atom stereocenters. The number of aromatic nitrogens is 2. The van der Waals surface area contributed by atoms with Crippen LogP contribution in [0, 0.1) is 20.8 Å². The van der Waals surface area contributed by atoms with Crippen LogP contribution in [0.1, 0.15) is 16.8 Å². The summed E-state index contributed by atoms with van der Waals surface area (Å²) in [5.41, 5.74) is 5.38. The Kier molecular flexibility index (Phi) is 6.51. The molecule has 0 aliphatic carbocycles. The quantitative estimate of drug-likeness (QED) is 0.545. The zero-order valence-electron chi connectivity index (χ0n) is 18.6. The summed E-state index contributed by atoms with van der Waals surface area (Å²) in [6.07, 6.45) is 0. The Morgan fingerprint density at radius 1 is 0.906 bits per heavy atom. The lowest BCUT2D eigenvalue weighted by molar-refractivity contribution is 0.122. The van der Waals surface area contributed by atoms with E-state index in [1.807, 2.05) is 69.3 Å². The van der Waals surface area contributed by atoms with Gasteiger partial charge in [0.05, 0.1) is 13.2 Å². The first-order chi connectivity index (χ1) is 15.5. The highest BCUT2D eigenvalue weighted by Crippen LogP contribution is 2.21. The minimum atomic E-state index is -0.277. The second kappa shape index (κ2) is 9.65. The van der Waals surface area contributed by atoms with E-state index in [1.54, 1.807) is 0 Å². The second-order valence-electron chi connectivity index (χ2n) is 7.89. The number of ether oxygens (including phenoxy) is 1. The molecule has 166 valence electrons. The molecule has 1 aromatic heterocycles. The van der Waals surface area contributed by atoms with E-state index >= 15 is 0 Å². The molecule has 1 aliphatic heterocycles. The topological polar surface area (TPSA) is 91.4 Å². The highest BCUT2D eigenvalue weighted by Gasteiger charge is 2.15. The molecule has 8 nitrogen and oxygen atoms in total. The summed E-state index contributed by atoms with van der Waals surface area (Å²) < 4.78 is 5.41. The van der Waals surface area contributed by atoms with Gasteiger partial charge in [-0.15, -0.1) is 0 Å². The smallest absolute Gasteiger partial charge is 0.323 e. The highest BCUT2D eigenvalue weighted by molar-refractivity contribution is 6.00. The van der Waals surface area contributed by atoms with E-state index in [4.69, 9.17) is 4.74 Å². The van der Waals surface area contributed by atoms with Crippen molar-refractivity contribution in [3.63, 3.8) is 0 Å². The fourth-order valence-corrected chi connectivity index (χ4v) is 3.46. The molecule has 0 spiro atoms. The van der Waals surface area contributed by atoms with Crippen molar-refractivity contribution in [2.75, 3.05) is 47.2 Å². The SMILES string of the molecule is Cc1ccc(C)c(NC(=O)Nc2ccc(Nc3cc(C)nc(N4CCOCC4)n3)cc2)c1. The van der Waals surface area contributed by atoms with E-state index in [0.717, 1.165) is 47.1 Å². The third-order valence-corrected chi connectivity index (χ3v) is 5.19. The van der Waals surface area contributed by atoms with Crippen LogP contribution in [0.5, 0.6) is 0 Å². The van der Waals surface area contributed by atoms with Gasteiger partial charge in [0, 0.05) is 41.9 Å². The van der Waals surface area contributed by atoms with Crippen molar-refractivity contribution >= 4 is 34.9 Å². The Morgan fingerprint density at radius 3 is 2.38 bits per heavy atom. The number of carbonyl (C=O) groups excluding carboxylic acids is 1. The number of rotatable bonds is 5. The summed E-state index contributed by atoms with van der Waals surface area (Å²) in [4.78, 5) is 23.7. The summed E-state index contributed by atoms with van der Waals surface area (Å²) in [6.45, 7) is 8.86. The number of nitrogens with one attached hydrogen (secondary N) is 3. The summed E-state index contributed by atoms with van der Waals surface area (Å²) in [6, 6.07) is 15.1. The molecule has 0 atom stereocenters. The first-order valence-electron chi connectivity index (χ1n) is 10.7. The van der Waals surface area contributed by atoms with Crippen LogP contribution in [0.3, 0.4) is 0 Å². The average Bonchev–Trinajstić information content (AvgIpc) is 2.78. The normalized spacial score (nSPS) is 13.5. The summed E-state index contributed by atoms with van der Waals surface area (Å²) in [5, 5.41) is 9.09. The maximum absolute atomic E-state index is 12.4. The Labute approximate surface area is 188 Å². The molecular weight excluding hydrogens is 404 g/mol. The predicted molar refractivity (Wildman–Crippen MR) is 128 cm³/mol. The molecule has 0 saturated carbocycles. The molecule has 3 aromatic rings. The van der Waals surface area contributed by atoms with Gasteiger partial charge in [-0.05, 0) is 62.2 Å². The molecule has 1 fully saturated rings. The Hall–Kier alpha value is -3.65. The van der Waals surface area contributed by atoms with Gasteiger partial charge in [0.2, 0.25) is 5.95 Å². The molecule has 32 heavy (non-hydrogen) atoms. The Balaban J connectivity index is 1.39. The molecule has 0 radical (unpaired) electrons. The van der Waals surface area contributed by atoms with Crippen LogP contribution < -0.4 is 20.9 Å². The van der Waals surface area contributed by atoms with Crippen molar-refractivity contribution in [1.82, 2.24) is 9.97 Å². The molecule has 2 heterocycles. The van der Waals surface area contributed by atoms with Crippen molar-refractivity contribution in [1.29, 1.82) is 0 Å². The van der Waals surface area contributed by atoms with Gasteiger partial charge in [-0.25, -0.2) is 9.78 Å². The molecule has 0 bridgehead atoms. The van der Waals surface area contributed by atoms with E-state index in [9.17, 15) is 4.79 Å². The van der Waals surface area contributed by atoms with Gasteiger partial charge < -0.3 is 25.6 Å². The molecule has 3 N–H and O–H groups in total. The van der Waals surface area contributed by atoms with Crippen LogP contribution in [0.25, 0.3) is 0 Å². The monoisotopic (exact) mass is 432 g/mol. The van der Waals surface area contributed by atoms with Gasteiger partial charge in [-0.2, -0.15) is 4.98 Å². The molecule has 8 heteroatoms. The van der Waals surface area contributed by atoms with Crippen molar-refractivity contribution in [2.45, 2.75) is 20.8 Å².